The summed E-state index contributed by atoms with van der Waals surface area (Å²) in [7, 11) is 1.98. The lowest BCUT2D eigenvalue weighted by Crippen LogP contribution is -2.46. The lowest BCUT2D eigenvalue weighted by atomic mass is 10.0. The quantitative estimate of drug-likeness (QED) is 0.303. The molecule has 0 spiro atoms. The predicted octanol–water partition coefficient (Wildman–Crippen LogP) is 4.00. The van der Waals surface area contributed by atoms with Crippen LogP contribution in [0.2, 0.25) is 0 Å². The molecule has 6 nitrogen and oxygen atoms in total. The summed E-state index contributed by atoms with van der Waals surface area (Å²) in [6.45, 7) is 12.5. The third kappa shape index (κ3) is 7.79. The van der Waals surface area contributed by atoms with Gasteiger partial charge in [-0.15, -0.1) is 24.0 Å². The monoisotopic (exact) mass is 538 g/mol. The summed E-state index contributed by atoms with van der Waals surface area (Å²) in [5.41, 5.74) is 2.54. The molecule has 2 atom stereocenters. The Balaban J connectivity index is 0.00000341. The molecule has 0 radical (unpaired) electrons. The second-order valence-corrected chi connectivity index (χ2v) is 9.16. The zero-order chi connectivity index (χ0) is 21.6. The first-order valence-electron chi connectivity index (χ1n) is 11.2. The highest BCUT2D eigenvalue weighted by Gasteiger charge is 2.26. The van der Waals surface area contributed by atoms with Gasteiger partial charge in [-0.05, 0) is 57.6 Å². The van der Waals surface area contributed by atoms with Crippen molar-refractivity contribution in [1.82, 2.24) is 25.3 Å². The Morgan fingerprint density at radius 3 is 2.68 bits per heavy atom. The van der Waals surface area contributed by atoms with Crippen LogP contribution < -0.4 is 10.6 Å². The maximum Gasteiger partial charge on any atom is 0.193 e. The maximum atomic E-state index is 5.01. The number of rotatable bonds is 8. The number of aromatic nitrogens is 2. The number of nitrogens with zero attached hydrogens (tertiary/aromatic N) is 4. The first kappa shape index (κ1) is 25.6. The van der Waals surface area contributed by atoms with E-state index in [1.807, 2.05) is 17.9 Å². The molecule has 1 saturated heterocycles. The number of aryl methyl sites for hydroxylation is 1. The molecular formula is C24H39IN6. The second-order valence-electron chi connectivity index (χ2n) is 9.16. The van der Waals surface area contributed by atoms with Gasteiger partial charge >= 0.3 is 0 Å². The van der Waals surface area contributed by atoms with Gasteiger partial charge < -0.3 is 15.5 Å². The van der Waals surface area contributed by atoms with Gasteiger partial charge in [0.05, 0.1) is 12.7 Å². The average Bonchev–Trinajstić information content (AvgIpc) is 3.34. The molecule has 3 rings (SSSR count). The van der Waals surface area contributed by atoms with Gasteiger partial charge in [0.15, 0.2) is 5.96 Å². The van der Waals surface area contributed by atoms with Crippen molar-refractivity contribution in [3.05, 3.63) is 53.9 Å². The van der Waals surface area contributed by atoms with Gasteiger partial charge in [0.2, 0.25) is 0 Å². The molecule has 1 fully saturated rings. The van der Waals surface area contributed by atoms with Gasteiger partial charge in [0.1, 0.15) is 0 Å². The first-order chi connectivity index (χ1) is 14.4. The number of halogens is 1. The third-order valence-corrected chi connectivity index (χ3v) is 5.73. The molecule has 2 N–H and O–H groups in total. The molecule has 0 aliphatic carbocycles. The number of likely N-dealkylation sites (tertiary alicyclic amines) is 1. The Hall–Kier alpha value is -1.61. The number of hydrogen-bond acceptors (Lipinski definition) is 3. The highest BCUT2D eigenvalue weighted by Crippen LogP contribution is 2.21. The van der Waals surface area contributed by atoms with E-state index in [-0.39, 0.29) is 35.6 Å². The fraction of sp³-hybridized carbons (Fsp3) is 0.583. The molecule has 0 amide bonds. The Kier molecular flexibility index (Phi) is 9.81. The molecule has 2 aromatic rings. The smallest absolute Gasteiger partial charge is 0.193 e. The Morgan fingerprint density at radius 1 is 1.29 bits per heavy atom. The van der Waals surface area contributed by atoms with Gasteiger partial charge in [-0.1, -0.05) is 30.3 Å². The lowest BCUT2D eigenvalue weighted by Gasteiger charge is -2.30. The molecule has 7 heteroatoms. The normalized spacial score (nSPS) is 18.0. The number of hydrogen-bond donors (Lipinski definition) is 2. The largest absolute Gasteiger partial charge is 0.357 e. The van der Waals surface area contributed by atoms with Crippen LogP contribution in [0.4, 0.5) is 0 Å². The van der Waals surface area contributed by atoms with Gasteiger partial charge in [-0.3, -0.25) is 9.67 Å². The van der Waals surface area contributed by atoms with E-state index < -0.39 is 0 Å². The van der Waals surface area contributed by atoms with Crippen LogP contribution in [0.1, 0.15) is 51.3 Å². The molecular weight excluding hydrogens is 499 g/mol. The van der Waals surface area contributed by atoms with Crippen LogP contribution in [0, 0.1) is 5.92 Å². The van der Waals surface area contributed by atoms with E-state index in [1.54, 1.807) is 0 Å². The zero-order valence-corrected chi connectivity index (χ0v) is 22.0. The number of aliphatic imine (C=N–C) groups is 1. The van der Waals surface area contributed by atoms with Crippen LogP contribution in [0.25, 0.3) is 0 Å². The van der Waals surface area contributed by atoms with E-state index in [1.165, 1.54) is 17.5 Å². The molecule has 1 aromatic heterocycles. The van der Waals surface area contributed by atoms with Crippen molar-refractivity contribution in [2.75, 3.05) is 26.2 Å². The van der Waals surface area contributed by atoms with Crippen LogP contribution in [0.3, 0.4) is 0 Å². The van der Waals surface area contributed by atoms with Crippen molar-refractivity contribution in [3.8, 4) is 0 Å². The molecule has 2 unspecified atom stereocenters. The lowest BCUT2D eigenvalue weighted by molar-refractivity contribution is 0.354. The fourth-order valence-corrected chi connectivity index (χ4v) is 4.26. The summed E-state index contributed by atoms with van der Waals surface area (Å²) in [4.78, 5) is 7.43. The van der Waals surface area contributed by atoms with Gasteiger partial charge in [0.25, 0.3) is 0 Å². The average molecular weight is 539 g/mol. The molecule has 1 aromatic carbocycles. The van der Waals surface area contributed by atoms with Crippen molar-refractivity contribution in [1.29, 1.82) is 0 Å². The zero-order valence-electron chi connectivity index (χ0n) is 19.6. The Labute approximate surface area is 204 Å². The fourth-order valence-electron chi connectivity index (χ4n) is 4.26. The minimum Gasteiger partial charge on any atom is -0.357 e. The molecule has 0 saturated carbocycles. The van der Waals surface area contributed by atoms with Crippen molar-refractivity contribution >= 4 is 29.9 Å². The van der Waals surface area contributed by atoms with Gasteiger partial charge in [0, 0.05) is 44.5 Å². The van der Waals surface area contributed by atoms with Crippen LogP contribution >= 0.6 is 24.0 Å². The summed E-state index contributed by atoms with van der Waals surface area (Å²) in [6, 6.07) is 10.9. The SMILES string of the molecule is CCNC(=NCC(C)(C)NC(C)c1ccccc1)N1CCC(Cc2cnn(C)c2)C1.I. The second kappa shape index (κ2) is 11.9. The number of guanidine groups is 1. The van der Waals surface area contributed by atoms with Crippen LogP contribution in [-0.4, -0.2) is 52.4 Å². The Morgan fingerprint density at radius 2 is 2.03 bits per heavy atom. The topological polar surface area (TPSA) is 57.5 Å². The summed E-state index contributed by atoms with van der Waals surface area (Å²) < 4.78 is 1.89. The third-order valence-electron chi connectivity index (χ3n) is 5.73. The first-order valence-corrected chi connectivity index (χ1v) is 11.2. The maximum absolute atomic E-state index is 5.01. The molecule has 1 aliphatic heterocycles. The van der Waals surface area contributed by atoms with E-state index in [0.717, 1.165) is 38.6 Å². The summed E-state index contributed by atoms with van der Waals surface area (Å²) >= 11 is 0. The van der Waals surface area contributed by atoms with E-state index in [0.29, 0.717) is 5.92 Å². The minimum absolute atomic E-state index is 0. The molecule has 1 aliphatic rings. The van der Waals surface area contributed by atoms with Crippen LogP contribution in [0.5, 0.6) is 0 Å². The number of benzene rings is 1. The molecule has 31 heavy (non-hydrogen) atoms. The van der Waals surface area contributed by atoms with Gasteiger partial charge in [-0.25, -0.2) is 0 Å². The summed E-state index contributed by atoms with van der Waals surface area (Å²) in [5.74, 6) is 1.69. The molecule has 0 bridgehead atoms. The summed E-state index contributed by atoms with van der Waals surface area (Å²) in [6.07, 6.45) is 6.41. The van der Waals surface area contributed by atoms with Crippen molar-refractivity contribution in [3.63, 3.8) is 0 Å². The highest BCUT2D eigenvalue weighted by atomic mass is 127. The summed E-state index contributed by atoms with van der Waals surface area (Å²) in [5, 5.41) is 11.5. The number of nitrogens with one attached hydrogen (secondary N) is 2. The van der Waals surface area contributed by atoms with Crippen molar-refractivity contribution in [2.45, 2.75) is 52.1 Å². The highest BCUT2D eigenvalue weighted by molar-refractivity contribution is 14.0. The van der Waals surface area contributed by atoms with E-state index in [2.05, 4.69) is 84.9 Å². The molecule has 172 valence electrons. The standard InChI is InChI=1S/C24H38N6.HI/c1-6-25-23(30-13-12-20(17-30)14-21-15-27-29(5)16-21)26-18-24(3,4)28-19(2)22-10-8-7-9-11-22;/h7-11,15-16,19-20,28H,6,12-14,17-18H2,1-5H3,(H,25,26);1H. The minimum atomic E-state index is -0.0925. The molecule has 2 heterocycles. The van der Waals surface area contributed by atoms with Crippen LogP contribution in [0.15, 0.2) is 47.7 Å². The van der Waals surface area contributed by atoms with E-state index >= 15 is 0 Å². The Bertz CT molecular complexity index is 816. The van der Waals surface area contributed by atoms with Crippen LogP contribution in [-0.2, 0) is 13.5 Å². The van der Waals surface area contributed by atoms with Crippen molar-refractivity contribution < 1.29 is 0 Å². The predicted molar refractivity (Wildman–Crippen MR) is 140 cm³/mol. The van der Waals surface area contributed by atoms with E-state index in [9.17, 15) is 0 Å². The van der Waals surface area contributed by atoms with Crippen molar-refractivity contribution in [2.24, 2.45) is 18.0 Å². The van der Waals surface area contributed by atoms with Gasteiger partial charge in [-0.2, -0.15) is 5.10 Å². The van der Waals surface area contributed by atoms with E-state index in [4.69, 9.17) is 4.99 Å².